The minimum atomic E-state index is -4.44. The third-order valence-electron chi connectivity index (χ3n) is 2.85. The highest BCUT2D eigenvalue weighted by Crippen LogP contribution is 2.30. The van der Waals surface area contributed by atoms with E-state index < -0.39 is 11.7 Å². The lowest BCUT2D eigenvalue weighted by Gasteiger charge is -2.09. The average molecular weight is 333 g/mol. The quantitative estimate of drug-likeness (QED) is 0.684. The normalized spacial score (nSPS) is 11.5. The second kappa shape index (κ2) is 6.08. The monoisotopic (exact) mass is 332 g/mol. The first kappa shape index (κ1) is 15.9. The molecule has 6 heteroatoms. The lowest BCUT2D eigenvalue weighted by molar-refractivity contribution is -0.137. The number of alkyl halides is 3. The number of hydrogen-bond donors (Lipinski definition) is 0. The molecule has 0 fully saturated rings. The fourth-order valence-electron chi connectivity index (χ4n) is 1.85. The highest BCUT2D eigenvalue weighted by Gasteiger charge is 2.30. The Bertz CT molecular complexity index is 681. The molecule has 0 unspecified atom stereocenters. The molecular weight excluding hydrogens is 324 g/mol. The summed E-state index contributed by atoms with van der Waals surface area (Å²) in [6.07, 6.45) is -4.61. The van der Waals surface area contributed by atoms with E-state index in [1.807, 2.05) is 0 Å². The fraction of sp³-hybridized carbons (Fsp3) is 0.133. The van der Waals surface area contributed by atoms with Gasteiger partial charge >= 0.3 is 6.18 Å². The first-order valence-corrected chi connectivity index (χ1v) is 6.67. The molecule has 2 aromatic rings. The Morgan fingerprint density at radius 2 is 1.76 bits per heavy atom. The van der Waals surface area contributed by atoms with Crippen molar-refractivity contribution in [2.75, 3.05) is 0 Å². The standard InChI is InChI=1S/C15H9Cl2F3O/c16-11-4-5-13(17)12(8-11)14(21)7-9-2-1-3-10(6-9)15(18,19)20/h1-6,8H,7H2. The molecular formula is C15H9Cl2F3O. The number of hydrogen-bond acceptors (Lipinski definition) is 1. The van der Waals surface area contributed by atoms with E-state index in [1.165, 1.54) is 30.3 Å². The Morgan fingerprint density at radius 1 is 1.05 bits per heavy atom. The van der Waals surface area contributed by atoms with E-state index in [0.717, 1.165) is 12.1 Å². The Morgan fingerprint density at radius 3 is 2.43 bits per heavy atom. The summed E-state index contributed by atoms with van der Waals surface area (Å²) < 4.78 is 37.9. The molecule has 110 valence electrons. The molecule has 0 amide bonds. The first-order valence-electron chi connectivity index (χ1n) is 5.92. The van der Waals surface area contributed by atoms with E-state index in [2.05, 4.69) is 0 Å². The van der Waals surface area contributed by atoms with Crippen molar-refractivity contribution in [1.82, 2.24) is 0 Å². The topological polar surface area (TPSA) is 17.1 Å². The minimum Gasteiger partial charge on any atom is -0.294 e. The number of Topliss-reactive ketones (excluding diaryl/α,β-unsaturated/α-hetero) is 1. The second-order valence-corrected chi connectivity index (χ2v) is 5.27. The summed E-state index contributed by atoms with van der Waals surface area (Å²) in [5, 5.41) is 0.558. The van der Waals surface area contributed by atoms with Crippen LogP contribution in [0.25, 0.3) is 0 Å². The maximum absolute atomic E-state index is 12.6. The van der Waals surface area contributed by atoms with Crippen molar-refractivity contribution in [3.8, 4) is 0 Å². The van der Waals surface area contributed by atoms with Gasteiger partial charge in [-0.05, 0) is 29.8 Å². The van der Waals surface area contributed by atoms with Gasteiger partial charge in [0.1, 0.15) is 0 Å². The van der Waals surface area contributed by atoms with Gasteiger partial charge in [0, 0.05) is 17.0 Å². The van der Waals surface area contributed by atoms with Crippen molar-refractivity contribution >= 4 is 29.0 Å². The summed E-state index contributed by atoms with van der Waals surface area (Å²) in [5.41, 5.74) is -0.322. The van der Waals surface area contributed by atoms with Crippen LogP contribution in [0.2, 0.25) is 10.0 Å². The SMILES string of the molecule is O=C(Cc1cccc(C(F)(F)F)c1)c1cc(Cl)ccc1Cl. The molecule has 0 aliphatic heterocycles. The number of carbonyl (C=O) groups is 1. The number of carbonyl (C=O) groups excluding carboxylic acids is 1. The molecule has 0 aliphatic carbocycles. The van der Waals surface area contributed by atoms with Crippen molar-refractivity contribution in [3.05, 3.63) is 69.2 Å². The molecule has 0 saturated carbocycles. The Hall–Kier alpha value is -1.52. The van der Waals surface area contributed by atoms with E-state index >= 15 is 0 Å². The molecule has 0 spiro atoms. The molecule has 0 saturated heterocycles. The van der Waals surface area contributed by atoms with Gasteiger partial charge in [-0.1, -0.05) is 41.4 Å². The molecule has 0 heterocycles. The molecule has 0 atom stereocenters. The summed E-state index contributed by atoms with van der Waals surface area (Å²) in [6.45, 7) is 0. The van der Waals surface area contributed by atoms with Crippen LogP contribution in [0.4, 0.5) is 13.2 Å². The zero-order valence-electron chi connectivity index (χ0n) is 10.5. The van der Waals surface area contributed by atoms with Crippen LogP contribution in [0.15, 0.2) is 42.5 Å². The van der Waals surface area contributed by atoms with Gasteiger partial charge in [-0.15, -0.1) is 0 Å². The molecule has 1 nitrogen and oxygen atoms in total. The highest BCUT2D eigenvalue weighted by atomic mass is 35.5. The van der Waals surface area contributed by atoms with E-state index in [-0.39, 0.29) is 28.4 Å². The summed E-state index contributed by atoms with van der Waals surface area (Å²) in [5.74, 6) is -0.387. The van der Waals surface area contributed by atoms with E-state index in [1.54, 1.807) is 0 Å². The highest BCUT2D eigenvalue weighted by molar-refractivity contribution is 6.35. The third-order valence-corrected chi connectivity index (χ3v) is 3.41. The number of ketones is 1. The van der Waals surface area contributed by atoms with Crippen LogP contribution in [0, 0.1) is 0 Å². The smallest absolute Gasteiger partial charge is 0.294 e. The van der Waals surface area contributed by atoms with Crippen LogP contribution in [-0.4, -0.2) is 5.78 Å². The van der Waals surface area contributed by atoms with Crippen molar-refractivity contribution in [2.24, 2.45) is 0 Å². The molecule has 0 radical (unpaired) electrons. The van der Waals surface area contributed by atoms with Gasteiger partial charge in [0.15, 0.2) is 5.78 Å². The maximum atomic E-state index is 12.6. The van der Waals surface area contributed by atoms with Crippen molar-refractivity contribution in [3.63, 3.8) is 0 Å². The van der Waals surface area contributed by atoms with Crippen molar-refractivity contribution in [1.29, 1.82) is 0 Å². The van der Waals surface area contributed by atoms with Gasteiger partial charge in [-0.3, -0.25) is 4.79 Å². The maximum Gasteiger partial charge on any atom is 0.416 e. The predicted octanol–water partition coefficient (Wildman–Crippen LogP) is 5.44. The van der Waals surface area contributed by atoms with Gasteiger partial charge in [-0.25, -0.2) is 0 Å². The summed E-state index contributed by atoms with van der Waals surface area (Å²) >= 11 is 11.7. The average Bonchev–Trinajstić information content (AvgIpc) is 2.41. The molecule has 0 bridgehead atoms. The van der Waals surface area contributed by atoms with Crippen LogP contribution in [-0.2, 0) is 12.6 Å². The second-order valence-electron chi connectivity index (χ2n) is 4.42. The lowest BCUT2D eigenvalue weighted by atomic mass is 10.0. The van der Waals surface area contributed by atoms with Crippen molar-refractivity contribution < 1.29 is 18.0 Å². The molecule has 0 N–H and O–H groups in total. The van der Waals surface area contributed by atoms with Gasteiger partial charge < -0.3 is 0 Å². The Labute approximate surface area is 129 Å². The summed E-state index contributed by atoms with van der Waals surface area (Å²) in [6, 6.07) is 9.06. The van der Waals surface area contributed by atoms with Gasteiger partial charge in [0.05, 0.1) is 10.6 Å². The fourth-order valence-corrected chi connectivity index (χ4v) is 2.24. The minimum absolute atomic E-state index is 0.177. The van der Waals surface area contributed by atoms with Gasteiger partial charge in [0.2, 0.25) is 0 Å². The summed E-state index contributed by atoms with van der Waals surface area (Å²) in [7, 11) is 0. The van der Waals surface area contributed by atoms with Crippen molar-refractivity contribution in [2.45, 2.75) is 12.6 Å². The van der Waals surface area contributed by atoms with E-state index in [4.69, 9.17) is 23.2 Å². The van der Waals surface area contributed by atoms with E-state index in [0.29, 0.717) is 5.02 Å². The van der Waals surface area contributed by atoms with Crippen LogP contribution in [0.3, 0.4) is 0 Å². The van der Waals surface area contributed by atoms with Gasteiger partial charge in [0.25, 0.3) is 0 Å². The number of benzene rings is 2. The summed E-state index contributed by atoms with van der Waals surface area (Å²) in [4.78, 5) is 12.1. The molecule has 0 aliphatic rings. The largest absolute Gasteiger partial charge is 0.416 e. The molecule has 2 aromatic carbocycles. The Balaban J connectivity index is 2.26. The van der Waals surface area contributed by atoms with Gasteiger partial charge in [-0.2, -0.15) is 13.2 Å². The zero-order chi connectivity index (χ0) is 15.6. The van der Waals surface area contributed by atoms with Crippen LogP contribution in [0.1, 0.15) is 21.5 Å². The predicted molar refractivity (Wildman–Crippen MR) is 75.9 cm³/mol. The lowest BCUT2D eigenvalue weighted by Crippen LogP contribution is -2.08. The Kier molecular flexibility index (Phi) is 4.59. The van der Waals surface area contributed by atoms with Crippen LogP contribution >= 0.6 is 23.2 Å². The third kappa shape index (κ3) is 3.99. The number of halogens is 5. The molecule has 0 aromatic heterocycles. The molecule has 2 rings (SSSR count). The number of rotatable bonds is 3. The van der Waals surface area contributed by atoms with Crippen LogP contribution < -0.4 is 0 Å². The van der Waals surface area contributed by atoms with E-state index in [9.17, 15) is 18.0 Å². The first-order chi connectivity index (χ1) is 9.77. The molecule has 21 heavy (non-hydrogen) atoms. The zero-order valence-corrected chi connectivity index (χ0v) is 12.1. The van der Waals surface area contributed by atoms with Crippen LogP contribution in [0.5, 0.6) is 0 Å².